The van der Waals surface area contributed by atoms with Gasteiger partial charge in [-0.3, -0.25) is 9.52 Å². The van der Waals surface area contributed by atoms with E-state index in [-0.39, 0.29) is 12.3 Å². The monoisotopic (exact) mass is 221 g/mol. The molecule has 0 aromatic rings. The number of amides is 1. The smallest absolute Gasteiger partial charge is 0.239 e. The van der Waals surface area contributed by atoms with Gasteiger partial charge in [0.2, 0.25) is 15.9 Å². The molecule has 0 unspecified atom stereocenters. The van der Waals surface area contributed by atoms with E-state index in [9.17, 15) is 13.2 Å². The normalized spacial score (nSPS) is 13.0. The van der Waals surface area contributed by atoms with Crippen molar-refractivity contribution in [2.45, 2.75) is 45.8 Å². The highest BCUT2D eigenvalue weighted by Gasteiger charge is 2.30. The lowest BCUT2D eigenvalue weighted by molar-refractivity contribution is -0.120. The van der Waals surface area contributed by atoms with Crippen molar-refractivity contribution in [3.05, 3.63) is 0 Å². The summed E-state index contributed by atoms with van der Waals surface area (Å²) in [6, 6.07) is 0. The molecule has 0 fully saturated rings. The quantitative estimate of drug-likeness (QED) is 0.780. The third kappa shape index (κ3) is 4.09. The van der Waals surface area contributed by atoms with Crippen LogP contribution in [0.3, 0.4) is 0 Å². The van der Waals surface area contributed by atoms with Crippen LogP contribution in [0.25, 0.3) is 0 Å². The maximum Gasteiger partial charge on any atom is 0.239 e. The molecular formula is C9H19NO3S. The molecule has 0 aliphatic carbocycles. The van der Waals surface area contributed by atoms with Gasteiger partial charge in [0, 0.05) is 6.42 Å². The summed E-state index contributed by atoms with van der Waals surface area (Å²) in [4.78, 5) is 11.2. The molecule has 0 spiro atoms. The molecule has 0 radical (unpaired) electrons. The number of carbonyl (C=O) groups is 1. The van der Waals surface area contributed by atoms with E-state index in [0.29, 0.717) is 0 Å². The van der Waals surface area contributed by atoms with E-state index < -0.39 is 20.7 Å². The first kappa shape index (κ1) is 13.4. The average Bonchev–Trinajstić information content (AvgIpc) is 1.79. The Balaban J connectivity index is 4.48. The molecule has 0 heterocycles. The molecule has 0 atom stereocenters. The van der Waals surface area contributed by atoms with Crippen LogP contribution in [0.4, 0.5) is 0 Å². The summed E-state index contributed by atoms with van der Waals surface area (Å²) in [6.45, 7) is 8.39. The molecular weight excluding hydrogens is 202 g/mol. The summed E-state index contributed by atoms with van der Waals surface area (Å²) in [5.41, 5.74) is 0. The van der Waals surface area contributed by atoms with Crippen LogP contribution in [0.5, 0.6) is 0 Å². The first-order chi connectivity index (χ1) is 6.06. The highest BCUT2D eigenvalue weighted by atomic mass is 32.2. The Morgan fingerprint density at radius 3 is 2.00 bits per heavy atom. The zero-order valence-electron chi connectivity index (χ0n) is 9.42. The number of carbonyl (C=O) groups excluding carboxylic acids is 1. The molecule has 0 rings (SSSR count). The number of nitrogens with one attached hydrogen (secondary N) is 1. The standard InChI is InChI=1S/C9H19NO3S/c1-7(2)6-8(11)10-14(12,13)9(3,4)5/h7H,6H2,1-5H3,(H,10,11). The van der Waals surface area contributed by atoms with Crippen molar-refractivity contribution < 1.29 is 13.2 Å². The fourth-order valence-electron chi connectivity index (χ4n) is 0.715. The third-order valence-corrected chi connectivity index (χ3v) is 3.76. The predicted molar refractivity (Wildman–Crippen MR) is 56.3 cm³/mol. The van der Waals surface area contributed by atoms with E-state index in [4.69, 9.17) is 0 Å². The lowest BCUT2D eigenvalue weighted by Gasteiger charge is -2.19. The van der Waals surface area contributed by atoms with Gasteiger partial charge in [0.15, 0.2) is 0 Å². The van der Waals surface area contributed by atoms with Crippen molar-refractivity contribution in [2.24, 2.45) is 5.92 Å². The minimum Gasteiger partial charge on any atom is -0.274 e. The first-order valence-corrected chi connectivity index (χ1v) is 6.10. The molecule has 1 amide bonds. The van der Waals surface area contributed by atoms with Crippen molar-refractivity contribution in [1.82, 2.24) is 4.72 Å². The molecule has 0 aromatic heterocycles. The zero-order valence-corrected chi connectivity index (χ0v) is 10.2. The second-order valence-electron chi connectivity index (χ2n) is 4.74. The SMILES string of the molecule is CC(C)CC(=O)NS(=O)(=O)C(C)(C)C. The largest absolute Gasteiger partial charge is 0.274 e. The number of rotatable bonds is 3. The van der Waals surface area contributed by atoms with Gasteiger partial charge < -0.3 is 0 Å². The van der Waals surface area contributed by atoms with Gasteiger partial charge in [0.25, 0.3) is 0 Å². The summed E-state index contributed by atoms with van der Waals surface area (Å²) in [5, 5.41) is 0. The van der Waals surface area contributed by atoms with E-state index in [1.165, 1.54) is 0 Å². The topological polar surface area (TPSA) is 63.2 Å². The van der Waals surface area contributed by atoms with Gasteiger partial charge >= 0.3 is 0 Å². The molecule has 1 N–H and O–H groups in total. The van der Waals surface area contributed by atoms with Crippen LogP contribution >= 0.6 is 0 Å². The first-order valence-electron chi connectivity index (χ1n) is 4.61. The third-order valence-electron chi connectivity index (χ3n) is 1.65. The lowest BCUT2D eigenvalue weighted by atomic mass is 10.1. The van der Waals surface area contributed by atoms with Crippen LogP contribution < -0.4 is 4.72 Å². The Morgan fingerprint density at radius 1 is 1.29 bits per heavy atom. The number of hydrogen-bond acceptors (Lipinski definition) is 3. The van der Waals surface area contributed by atoms with Crippen molar-refractivity contribution >= 4 is 15.9 Å². The zero-order chi connectivity index (χ0) is 11.6. The molecule has 0 aliphatic rings. The molecule has 14 heavy (non-hydrogen) atoms. The summed E-state index contributed by atoms with van der Waals surface area (Å²) in [6.07, 6.45) is 0.231. The van der Waals surface area contributed by atoms with Crippen molar-refractivity contribution in [2.75, 3.05) is 0 Å². The van der Waals surface area contributed by atoms with Gasteiger partial charge in [-0.1, -0.05) is 13.8 Å². The minimum absolute atomic E-state index is 0.158. The van der Waals surface area contributed by atoms with Crippen molar-refractivity contribution in [3.63, 3.8) is 0 Å². The van der Waals surface area contributed by atoms with E-state index in [1.807, 2.05) is 13.8 Å². The van der Waals surface area contributed by atoms with Gasteiger partial charge in [-0.2, -0.15) is 0 Å². The summed E-state index contributed by atoms with van der Waals surface area (Å²) in [5.74, 6) is -0.278. The Bertz CT molecular complexity index is 299. The fourth-order valence-corrected chi connectivity index (χ4v) is 1.40. The number of hydrogen-bond donors (Lipinski definition) is 1. The van der Waals surface area contributed by atoms with Gasteiger partial charge in [0.05, 0.1) is 4.75 Å². The molecule has 4 nitrogen and oxygen atoms in total. The average molecular weight is 221 g/mol. The highest BCUT2D eigenvalue weighted by molar-refractivity contribution is 7.91. The second-order valence-corrected chi connectivity index (χ2v) is 7.17. The highest BCUT2D eigenvalue weighted by Crippen LogP contribution is 2.13. The summed E-state index contributed by atoms with van der Waals surface area (Å²) in [7, 11) is -3.54. The molecule has 0 aromatic carbocycles. The van der Waals surface area contributed by atoms with Crippen LogP contribution in [0.1, 0.15) is 41.0 Å². The Hall–Kier alpha value is -0.580. The molecule has 0 saturated heterocycles. The van der Waals surface area contributed by atoms with Gasteiger partial charge in [-0.05, 0) is 26.7 Å². The van der Waals surface area contributed by atoms with Crippen LogP contribution in [0.2, 0.25) is 0 Å². The van der Waals surface area contributed by atoms with Crippen LogP contribution in [-0.4, -0.2) is 19.1 Å². The second kappa shape index (κ2) is 4.29. The minimum atomic E-state index is -3.54. The van der Waals surface area contributed by atoms with E-state index in [1.54, 1.807) is 20.8 Å². The lowest BCUT2D eigenvalue weighted by Crippen LogP contribution is -2.42. The number of sulfonamides is 1. The van der Waals surface area contributed by atoms with Gasteiger partial charge in [0.1, 0.15) is 0 Å². The fraction of sp³-hybridized carbons (Fsp3) is 0.889. The Kier molecular flexibility index (Phi) is 4.12. The van der Waals surface area contributed by atoms with E-state index in [0.717, 1.165) is 0 Å². The van der Waals surface area contributed by atoms with E-state index in [2.05, 4.69) is 4.72 Å². The molecule has 0 saturated carbocycles. The predicted octanol–water partition coefficient (Wildman–Crippen LogP) is 1.28. The Morgan fingerprint density at radius 2 is 1.71 bits per heavy atom. The van der Waals surface area contributed by atoms with Crippen LogP contribution in [-0.2, 0) is 14.8 Å². The van der Waals surface area contributed by atoms with Crippen molar-refractivity contribution in [3.8, 4) is 0 Å². The molecule has 0 aliphatic heterocycles. The maximum atomic E-state index is 11.5. The van der Waals surface area contributed by atoms with Crippen LogP contribution in [0, 0.1) is 5.92 Å². The molecule has 84 valence electrons. The van der Waals surface area contributed by atoms with Crippen molar-refractivity contribution in [1.29, 1.82) is 0 Å². The molecule has 5 heteroatoms. The summed E-state index contributed by atoms with van der Waals surface area (Å²) < 4.78 is 24.1. The van der Waals surface area contributed by atoms with Crippen LogP contribution in [0.15, 0.2) is 0 Å². The van der Waals surface area contributed by atoms with E-state index >= 15 is 0 Å². The Labute approximate surface area is 86.1 Å². The van der Waals surface area contributed by atoms with Gasteiger partial charge in [-0.15, -0.1) is 0 Å². The van der Waals surface area contributed by atoms with Gasteiger partial charge in [-0.25, -0.2) is 8.42 Å². The maximum absolute atomic E-state index is 11.5. The molecule has 0 bridgehead atoms. The summed E-state index contributed by atoms with van der Waals surface area (Å²) >= 11 is 0.